The molecule has 20 heavy (non-hydrogen) atoms. The number of aliphatic hydroxyl groups is 1. The summed E-state index contributed by atoms with van der Waals surface area (Å²) in [5, 5.41) is 13.1. The number of benzene rings is 1. The van der Waals surface area contributed by atoms with Gasteiger partial charge in [0.15, 0.2) is 0 Å². The number of fused-ring (bicyclic) bond motifs is 1. The van der Waals surface area contributed by atoms with E-state index in [0.29, 0.717) is 18.8 Å². The number of rotatable bonds is 5. The van der Waals surface area contributed by atoms with Crippen molar-refractivity contribution in [2.24, 2.45) is 0 Å². The predicted molar refractivity (Wildman–Crippen MR) is 80.0 cm³/mol. The van der Waals surface area contributed by atoms with Crippen LogP contribution in [0.4, 0.5) is 5.69 Å². The number of pyridine rings is 1. The Hall–Kier alpha value is -2.14. The summed E-state index contributed by atoms with van der Waals surface area (Å²) in [5.74, 6) is -0.163. The summed E-state index contributed by atoms with van der Waals surface area (Å²) in [6.07, 6.45) is 0. The van der Waals surface area contributed by atoms with Gasteiger partial charge in [0.05, 0.1) is 12.1 Å². The van der Waals surface area contributed by atoms with Gasteiger partial charge in [-0.2, -0.15) is 0 Å². The van der Waals surface area contributed by atoms with E-state index < -0.39 is 0 Å². The first-order valence-electron chi connectivity index (χ1n) is 6.69. The molecule has 0 spiro atoms. The van der Waals surface area contributed by atoms with Crippen molar-refractivity contribution in [3.63, 3.8) is 0 Å². The molecule has 0 fully saturated rings. The number of hydrogen-bond donors (Lipinski definition) is 2. The molecule has 5 nitrogen and oxygen atoms in total. The zero-order chi connectivity index (χ0) is 14.5. The van der Waals surface area contributed by atoms with E-state index in [1.165, 1.54) is 0 Å². The van der Waals surface area contributed by atoms with Crippen LogP contribution in [0.3, 0.4) is 0 Å². The molecule has 0 atom stereocenters. The second-order valence-corrected chi connectivity index (χ2v) is 4.43. The third-order valence-electron chi connectivity index (χ3n) is 3.24. The Morgan fingerprint density at radius 1 is 1.40 bits per heavy atom. The van der Waals surface area contributed by atoms with E-state index in [1.54, 1.807) is 11.0 Å². The lowest BCUT2D eigenvalue weighted by Gasteiger charge is -2.19. The van der Waals surface area contributed by atoms with Gasteiger partial charge >= 0.3 is 0 Å². The number of aromatic nitrogens is 1. The number of amides is 1. The van der Waals surface area contributed by atoms with Crippen LogP contribution in [0, 0.1) is 0 Å². The summed E-state index contributed by atoms with van der Waals surface area (Å²) in [4.78, 5) is 18.4. The van der Waals surface area contributed by atoms with Gasteiger partial charge in [-0.05, 0) is 19.1 Å². The quantitative estimate of drug-likeness (QED) is 0.870. The highest BCUT2D eigenvalue weighted by molar-refractivity contribution is 5.99. The molecule has 0 radical (unpaired) electrons. The molecule has 0 aliphatic rings. The van der Waals surface area contributed by atoms with Gasteiger partial charge in [-0.25, -0.2) is 4.98 Å². The second kappa shape index (κ2) is 6.34. The number of carbonyl (C=O) groups excluding carboxylic acids is 1. The molecule has 1 heterocycles. The molecule has 2 N–H and O–H groups in total. The Morgan fingerprint density at radius 3 is 2.80 bits per heavy atom. The highest BCUT2D eigenvalue weighted by atomic mass is 16.3. The van der Waals surface area contributed by atoms with Gasteiger partial charge in [0.2, 0.25) is 0 Å². The number of carbonyl (C=O) groups is 1. The molecule has 0 aliphatic heterocycles. The van der Waals surface area contributed by atoms with Crippen molar-refractivity contribution in [3.8, 4) is 0 Å². The van der Waals surface area contributed by atoms with Gasteiger partial charge in [0.1, 0.15) is 5.69 Å². The van der Waals surface area contributed by atoms with Crippen LogP contribution in [0.2, 0.25) is 0 Å². The van der Waals surface area contributed by atoms with Crippen LogP contribution in [-0.4, -0.2) is 47.6 Å². The number of likely N-dealkylation sites (N-methyl/N-ethyl adjacent to an activating group) is 1. The molecule has 0 saturated carbocycles. The van der Waals surface area contributed by atoms with Gasteiger partial charge in [-0.3, -0.25) is 4.79 Å². The molecular weight excluding hydrogens is 254 g/mol. The number of anilines is 1. The molecule has 5 heteroatoms. The normalized spacial score (nSPS) is 10.6. The van der Waals surface area contributed by atoms with E-state index in [0.717, 1.165) is 16.6 Å². The fraction of sp³-hybridized carbons (Fsp3) is 0.333. The minimum atomic E-state index is -0.163. The zero-order valence-electron chi connectivity index (χ0n) is 11.8. The van der Waals surface area contributed by atoms with Gasteiger partial charge < -0.3 is 15.3 Å². The molecule has 1 aromatic carbocycles. The van der Waals surface area contributed by atoms with E-state index in [9.17, 15) is 4.79 Å². The first kappa shape index (κ1) is 14.3. The van der Waals surface area contributed by atoms with Crippen molar-refractivity contribution in [1.82, 2.24) is 9.88 Å². The smallest absolute Gasteiger partial charge is 0.272 e. The molecule has 106 valence electrons. The average Bonchev–Trinajstić information content (AvgIpc) is 2.50. The largest absolute Gasteiger partial charge is 0.395 e. The summed E-state index contributed by atoms with van der Waals surface area (Å²) >= 11 is 0. The highest BCUT2D eigenvalue weighted by Gasteiger charge is 2.17. The van der Waals surface area contributed by atoms with Crippen molar-refractivity contribution < 1.29 is 9.90 Å². The average molecular weight is 273 g/mol. The molecule has 0 unspecified atom stereocenters. The summed E-state index contributed by atoms with van der Waals surface area (Å²) in [5.41, 5.74) is 2.05. The van der Waals surface area contributed by atoms with Crippen LogP contribution in [0.15, 0.2) is 30.3 Å². The molecular formula is C15H19N3O2. The van der Waals surface area contributed by atoms with E-state index >= 15 is 0 Å². The van der Waals surface area contributed by atoms with Crippen LogP contribution in [-0.2, 0) is 0 Å². The third-order valence-corrected chi connectivity index (χ3v) is 3.24. The SMILES string of the molecule is CCN(CCO)C(=O)c1cc(NC)c2ccccc2n1. The Balaban J connectivity index is 2.46. The Bertz CT molecular complexity index is 613. The first-order valence-corrected chi connectivity index (χ1v) is 6.69. The van der Waals surface area contributed by atoms with Crippen molar-refractivity contribution in [1.29, 1.82) is 0 Å². The van der Waals surface area contributed by atoms with Crippen LogP contribution in [0.25, 0.3) is 10.9 Å². The van der Waals surface area contributed by atoms with Crippen LogP contribution < -0.4 is 5.32 Å². The van der Waals surface area contributed by atoms with Crippen molar-refractivity contribution >= 4 is 22.5 Å². The maximum Gasteiger partial charge on any atom is 0.272 e. The lowest BCUT2D eigenvalue weighted by Crippen LogP contribution is -2.33. The lowest BCUT2D eigenvalue weighted by atomic mass is 10.1. The third kappa shape index (κ3) is 2.72. The summed E-state index contributed by atoms with van der Waals surface area (Å²) in [6.45, 7) is 2.70. The van der Waals surface area contributed by atoms with Gasteiger partial charge in [-0.15, -0.1) is 0 Å². The summed E-state index contributed by atoms with van der Waals surface area (Å²) in [6, 6.07) is 9.44. The number of nitrogens with one attached hydrogen (secondary N) is 1. The number of aliphatic hydroxyl groups excluding tert-OH is 1. The first-order chi connectivity index (χ1) is 9.71. The maximum absolute atomic E-state index is 12.4. The standard InChI is InChI=1S/C15H19N3O2/c1-3-18(8-9-19)15(20)14-10-13(16-2)11-6-4-5-7-12(11)17-14/h4-7,10,19H,3,8-9H2,1-2H3,(H,16,17). The van der Waals surface area contributed by atoms with Gasteiger partial charge in [-0.1, -0.05) is 18.2 Å². The molecule has 0 bridgehead atoms. The maximum atomic E-state index is 12.4. The van der Waals surface area contributed by atoms with E-state index in [-0.39, 0.29) is 12.5 Å². The fourth-order valence-electron chi connectivity index (χ4n) is 2.18. The van der Waals surface area contributed by atoms with Gasteiger partial charge in [0.25, 0.3) is 5.91 Å². The Kier molecular flexibility index (Phi) is 4.53. The van der Waals surface area contributed by atoms with Crippen molar-refractivity contribution in [3.05, 3.63) is 36.0 Å². The topological polar surface area (TPSA) is 65.5 Å². The number of para-hydroxylation sites is 1. The molecule has 2 rings (SSSR count). The van der Waals surface area contributed by atoms with Crippen LogP contribution >= 0.6 is 0 Å². The van der Waals surface area contributed by atoms with Crippen molar-refractivity contribution in [2.75, 3.05) is 32.1 Å². The van der Waals surface area contributed by atoms with E-state index in [1.807, 2.05) is 38.2 Å². The zero-order valence-corrected chi connectivity index (χ0v) is 11.8. The molecule has 1 aromatic heterocycles. The minimum absolute atomic E-state index is 0.0496. The van der Waals surface area contributed by atoms with Crippen LogP contribution in [0.5, 0.6) is 0 Å². The van der Waals surface area contributed by atoms with Crippen molar-refractivity contribution in [2.45, 2.75) is 6.92 Å². The molecule has 2 aromatic rings. The molecule has 0 aliphatic carbocycles. The number of hydrogen-bond acceptors (Lipinski definition) is 4. The van der Waals surface area contributed by atoms with Crippen LogP contribution in [0.1, 0.15) is 17.4 Å². The fourth-order valence-corrected chi connectivity index (χ4v) is 2.18. The molecule has 0 saturated heterocycles. The summed E-state index contributed by atoms with van der Waals surface area (Å²) in [7, 11) is 1.82. The highest BCUT2D eigenvalue weighted by Crippen LogP contribution is 2.23. The van der Waals surface area contributed by atoms with Gasteiger partial charge in [0, 0.05) is 31.2 Å². The number of nitrogens with zero attached hydrogens (tertiary/aromatic N) is 2. The lowest BCUT2D eigenvalue weighted by molar-refractivity contribution is 0.0726. The predicted octanol–water partition coefficient (Wildman–Crippen LogP) is 1.73. The minimum Gasteiger partial charge on any atom is -0.395 e. The Labute approximate surface area is 118 Å². The van der Waals surface area contributed by atoms with E-state index in [2.05, 4.69) is 10.3 Å². The second-order valence-electron chi connectivity index (χ2n) is 4.43. The Morgan fingerprint density at radius 2 is 2.15 bits per heavy atom. The van der Waals surface area contributed by atoms with E-state index in [4.69, 9.17) is 5.11 Å². The monoisotopic (exact) mass is 273 g/mol. The molecule has 1 amide bonds. The summed E-state index contributed by atoms with van der Waals surface area (Å²) < 4.78 is 0.